The summed E-state index contributed by atoms with van der Waals surface area (Å²) in [4.78, 5) is 41.3. The van der Waals surface area contributed by atoms with E-state index < -0.39 is 6.04 Å². The average molecular weight is 396 g/mol. The summed E-state index contributed by atoms with van der Waals surface area (Å²) in [7, 11) is 0. The van der Waals surface area contributed by atoms with Crippen LogP contribution in [0.4, 0.5) is 5.95 Å². The second-order valence-corrected chi connectivity index (χ2v) is 7.07. The fourth-order valence-corrected chi connectivity index (χ4v) is 3.83. The largest absolute Gasteiger partial charge is 0.337 e. The second kappa shape index (κ2) is 7.51. The molecule has 4 rings (SSSR count). The van der Waals surface area contributed by atoms with Crippen molar-refractivity contribution in [2.45, 2.75) is 13.0 Å². The number of carbonyl (C=O) groups is 1. The van der Waals surface area contributed by atoms with Crippen molar-refractivity contribution in [1.82, 2.24) is 24.4 Å². The van der Waals surface area contributed by atoms with Crippen LogP contribution in [0, 0.1) is 4.77 Å². The van der Waals surface area contributed by atoms with E-state index in [0.717, 1.165) is 0 Å². The molecule has 1 aromatic carbocycles. The predicted octanol–water partition coefficient (Wildman–Crippen LogP) is 1.76. The van der Waals surface area contributed by atoms with Crippen LogP contribution >= 0.6 is 12.2 Å². The summed E-state index contributed by atoms with van der Waals surface area (Å²) >= 11 is 5.36. The van der Waals surface area contributed by atoms with Crippen molar-refractivity contribution < 1.29 is 4.79 Å². The monoisotopic (exact) mass is 396 g/mol. The normalized spacial score (nSPS) is 15.6. The topological polar surface area (TPSA) is 87.1 Å². The Kier molecular flexibility index (Phi) is 4.91. The van der Waals surface area contributed by atoms with Crippen molar-refractivity contribution in [3.8, 4) is 0 Å². The van der Waals surface area contributed by atoms with Gasteiger partial charge < -0.3 is 14.8 Å². The molecule has 0 bridgehead atoms. The van der Waals surface area contributed by atoms with Crippen LogP contribution in [0.3, 0.4) is 0 Å². The number of aromatic nitrogens is 4. The summed E-state index contributed by atoms with van der Waals surface area (Å²) in [6.45, 7) is 4.08. The molecule has 0 aliphatic carbocycles. The highest BCUT2D eigenvalue weighted by Gasteiger charge is 2.28. The van der Waals surface area contributed by atoms with Crippen molar-refractivity contribution in [3.05, 3.63) is 57.9 Å². The van der Waals surface area contributed by atoms with Gasteiger partial charge in [0.25, 0.3) is 5.56 Å². The maximum Gasteiger partial charge on any atom is 0.262 e. The first-order valence-electron chi connectivity index (χ1n) is 9.10. The zero-order chi connectivity index (χ0) is 19.7. The SMILES string of the molecule is C[C@H](C(=O)N1CCN(c2ncccn2)CC1)n1c(=S)[nH]c2ccccc2c1=O. The number of H-pyrrole nitrogens is 1. The maximum atomic E-state index is 13.0. The second-order valence-electron chi connectivity index (χ2n) is 6.69. The molecular formula is C19H20N6O2S. The molecule has 0 saturated carbocycles. The van der Waals surface area contributed by atoms with Gasteiger partial charge in [-0.05, 0) is 37.3 Å². The number of amides is 1. The summed E-state index contributed by atoms with van der Waals surface area (Å²) in [5.74, 6) is 0.543. The van der Waals surface area contributed by atoms with Crippen LogP contribution in [0.15, 0.2) is 47.5 Å². The van der Waals surface area contributed by atoms with Crippen LogP contribution in [-0.4, -0.2) is 56.5 Å². The highest BCUT2D eigenvalue weighted by atomic mass is 32.1. The number of rotatable bonds is 3. The quantitative estimate of drug-likeness (QED) is 0.679. The molecule has 2 aromatic heterocycles. The van der Waals surface area contributed by atoms with Gasteiger partial charge >= 0.3 is 0 Å². The van der Waals surface area contributed by atoms with Gasteiger partial charge in [0.2, 0.25) is 11.9 Å². The molecule has 1 aliphatic rings. The van der Waals surface area contributed by atoms with Gasteiger partial charge in [0.05, 0.1) is 10.9 Å². The molecule has 1 aliphatic heterocycles. The number of benzene rings is 1. The summed E-state index contributed by atoms with van der Waals surface area (Å²) in [6.07, 6.45) is 3.41. The Balaban J connectivity index is 1.54. The molecule has 8 nitrogen and oxygen atoms in total. The van der Waals surface area contributed by atoms with E-state index in [2.05, 4.69) is 15.0 Å². The number of carbonyl (C=O) groups excluding carboxylic acids is 1. The van der Waals surface area contributed by atoms with E-state index in [1.165, 1.54) is 4.57 Å². The minimum atomic E-state index is -0.680. The van der Waals surface area contributed by atoms with E-state index in [4.69, 9.17) is 12.2 Å². The number of para-hydroxylation sites is 1. The van der Waals surface area contributed by atoms with Crippen LogP contribution in [0.5, 0.6) is 0 Å². The highest BCUT2D eigenvalue weighted by molar-refractivity contribution is 7.71. The smallest absolute Gasteiger partial charge is 0.262 e. The van der Waals surface area contributed by atoms with Crippen molar-refractivity contribution in [2.24, 2.45) is 0 Å². The molecule has 1 fully saturated rings. The van der Waals surface area contributed by atoms with E-state index in [1.54, 1.807) is 48.5 Å². The van der Waals surface area contributed by atoms with E-state index >= 15 is 0 Å². The highest BCUT2D eigenvalue weighted by Crippen LogP contribution is 2.15. The zero-order valence-corrected chi connectivity index (χ0v) is 16.2. The van der Waals surface area contributed by atoms with Gasteiger partial charge in [-0.15, -0.1) is 0 Å². The van der Waals surface area contributed by atoms with Gasteiger partial charge in [-0.25, -0.2) is 9.97 Å². The Morgan fingerprint density at radius 3 is 2.50 bits per heavy atom. The first-order valence-corrected chi connectivity index (χ1v) is 9.51. The Hall–Kier alpha value is -3.07. The number of hydrogen-bond donors (Lipinski definition) is 1. The number of nitrogens with one attached hydrogen (secondary N) is 1. The van der Waals surface area contributed by atoms with Crippen molar-refractivity contribution in [1.29, 1.82) is 0 Å². The summed E-state index contributed by atoms with van der Waals surface area (Å²) in [5, 5.41) is 0.516. The lowest BCUT2D eigenvalue weighted by atomic mass is 10.2. The lowest BCUT2D eigenvalue weighted by Gasteiger charge is -2.36. The summed E-state index contributed by atoms with van der Waals surface area (Å²) < 4.78 is 1.62. The fraction of sp³-hybridized carbons (Fsp3) is 0.316. The van der Waals surface area contributed by atoms with Gasteiger partial charge in [0.15, 0.2) is 4.77 Å². The van der Waals surface area contributed by atoms with E-state index in [-0.39, 0.29) is 16.2 Å². The standard InChI is InChI=1S/C19H20N6O2S/c1-13(25-17(27)14-5-2-3-6-15(14)22-19(25)28)16(26)23-9-11-24(12-10-23)18-20-7-4-8-21-18/h2-8,13H,9-12H2,1H3,(H,22,28)/t13-/m1/s1. The molecule has 28 heavy (non-hydrogen) atoms. The molecule has 1 N–H and O–H groups in total. The number of hydrogen-bond acceptors (Lipinski definition) is 6. The molecular weight excluding hydrogens is 376 g/mol. The molecule has 0 spiro atoms. The molecule has 3 aromatic rings. The van der Waals surface area contributed by atoms with Crippen LogP contribution < -0.4 is 10.5 Å². The zero-order valence-electron chi connectivity index (χ0n) is 15.4. The Morgan fingerprint density at radius 2 is 1.79 bits per heavy atom. The van der Waals surface area contributed by atoms with Gasteiger partial charge in [-0.2, -0.15) is 0 Å². The van der Waals surface area contributed by atoms with Crippen molar-refractivity contribution in [3.63, 3.8) is 0 Å². The van der Waals surface area contributed by atoms with Crippen LogP contribution in [0.1, 0.15) is 13.0 Å². The van der Waals surface area contributed by atoms with Crippen molar-refractivity contribution >= 4 is 35.0 Å². The average Bonchev–Trinajstić information content (AvgIpc) is 2.74. The Labute approximate surface area is 166 Å². The van der Waals surface area contributed by atoms with Crippen molar-refractivity contribution in [2.75, 3.05) is 31.1 Å². The first-order chi connectivity index (χ1) is 13.6. The van der Waals surface area contributed by atoms with Gasteiger partial charge in [0.1, 0.15) is 6.04 Å². The number of nitrogens with zero attached hydrogens (tertiary/aromatic N) is 5. The van der Waals surface area contributed by atoms with Gasteiger partial charge in [-0.1, -0.05) is 12.1 Å². The molecule has 144 valence electrons. The minimum absolute atomic E-state index is 0.120. The third-order valence-corrected chi connectivity index (χ3v) is 5.31. The summed E-state index contributed by atoms with van der Waals surface area (Å²) in [6, 6.07) is 8.25. The van der Waals surface area contributed by atoms with Crippen LogP contribution in [0.25, 0.3) is 10.9 Å². The number of aromatic amines is 1. The van der Waals surface area contributed by atoms with E-state index in [1.807, 2.05) is 11.0 Å². The third kappa shape index (κ3) is 3.29. The molecule has 1 saturated heterocycles. The molecule has 1 atom stereocenters. The molecule has 0 radical (unpaired) electrons. The number of fused-ring (bicyclic) bond motifs is 1. The van der Waals surface area contributed by atoms with E-state index in [0.29, 0.717) is 43.0 Å². The Bertz CT molecular complexity index is 1120. The Morgan fingerprint density at radius 1 is 1.11 bits per heavy atom. The lowest BCUT2D eigenvalue weighted by Crippen LogP contribution is -2.51. The maximum absolute atomic E-state index is 13.0. The van der Waals surface area contributed by atoms with Crippen LogP contribution in [-0.2, 0) is 4.79 Å². The molecule has 3 heterocycles. The molecule has 9 heteroatoms. The fourth-order valence-electron chi connectivity index (χ4n) is 3.48. The predicted molar refractivity (Wildman–Crippen MR) is 109 cm³/mol. The number of piperazine rings is 1. The molecule has 0 unspecified atom stereocenters. The lowest BCUT2D eigenvalue weighted by molar-refractivity contribution is -0.134. The van der Waals surface area contributed by atoms with Gasteiger partial charge in [-0.3, -0.25) is 14.2 Å². The molecule has 1 amide bonds. The minimum Gasteiger partial charge on any atom is -0.337 e. The van der Waals surface area contributed by atoms with Crippen LogP contribution in [0.2, 0.25) is 0 Å². The van der Waals surface area contributed by atoms with E-state index in [9.17, 15) is 9.59 Å². The first kappa shape index (κ1) is 18.3. The number of anilines is 1. The van der Waals surface area contributed by atoms with Gasteiger partial charge in [0, 0.05) is 38.6 Å². The summed E-state index contributed by atoms with van der Waals surface area (Å²) in [5.41, 5.74) is 0.418. The third-order valence-electron chi connectivity index (χ3n) is 5.01.